The van der Waals surface area contributed by atoms with Crippen LogP contribution >= 0.6 is 11.6 Å². The van der Waals surface area contributed by atoms with Crippen LogP contribution in [-0.4, -0.2) is 22.0 Å². The Labute approximate surface area is 111 Å². The minimum absolute atomic E-state index is 0.0780. The second kappa shape index (κ2) is 6.53. The summed E-state index contributed by atoms with van der Waals surface area (Å²) in [5, 5.41) is 4.03. The van der Waals surface area contributed by atoms with Crippen LogP contribution in [0.1, 0.15) is 26.3 Å². The van der Waals surface area contributed by atoms with Gasteiger partial charge in [-0.05, 0) is 32.4 Å². The van der Waals surface area contributed by atoms with Crippen molar-refractivity contribution in [3.8, 4) is 0 Å². The Hall–Kier alpha value is -0.380. The minimum Gasteiger partial charge on any atom is -0.311 e. The van der Waals surface area contributed by atoms with Gasteiger partial charge in [0.1, 0.15) is 0 Å². The first-order valence-corrected chi connectivity index (χ1v) is 7.58. The number of benzene rings is 1. The molecule has 0 heterocycles. The second-order valence-corrected chi connectivity index (χ2v) is 7.04. The normalized spacial score (nSPS) is 13.6. The van der Waals surface area contributed by atoms with E-state index in [1.165, 1.54) is 0 Å². The molecule has 0 spiro atoms. The van der Waals surface area contributed by atoms with Gasteiger partial charge in [0.2, 0.25) is 0 Å². The highest BCUT2D eigenvalue weighted by Gasteiger charge is 2.10. The summed E-state index contributed by atoms with van der Waals surface area (Å²) >= 11 is 6.02. The Balaban J connectivity index is 2.38. The van der Waals surface area contributed by atoms with Crippen molar-refractivity contribution in [3.05, 3.63) is 34.9 Å². The van der Waals surface area contributed by atoms with E-state index in [0.29, 0.717) is 16.5 Å². The summed E-state index contributed by atoms with van der Waals surface area (Å²) < 4.78 is 11.9. The number of halogens is 1. The van der Waals surface area contributed by atoms with Crippen molar-refractivity contribution in [2.75, 3.05) is 12.3 Å². The number of nitrogens with one attached hydrogen (secondary N) is 1. The van der Waals surface area contributed by atoms with Crippen LogP contribution in [0.3, 0.4) is 0 Å². The Morgan fingerprint density at radius 1 is 1.29 bits per heavy atom. The molecule has 1 atom stereocenters. The van der Waals surface area contributed by atoms with E-state index >= 15 is 0 Å². The van der Waals surface area contributed by atoms with E-state index in [1.54, 1.807) is 0 Å². The largest absolute Gasteiger partial charge is 0.311 e. The third kappa shape index (κ3) is 6.20. The monoisotopic (exact) mass is 273 g/mol. The molecule has 1 N–H and O–H groups in total. The molecule has 2 nitrogen and oxygen atoms in total. The van der Waals surface area contributed by atoms with Gasteiger partial charge in [0, 0.05) is 33.7 Å². The van der Waals surface area contributed by atoms with Crippen LogP contribution in [0, 0.1) is 0 Å². The topological polar surface area (TPSA) is 29.1 Å². The predicted molar refractivity (Wildman–Crippen MR) is 75.9 cm³/mol. The van der Waals surface area contributed by atoms with Gasteiger partial charge in [-0.3, -0.25) is 4.21 Å². The summed E-state index contributed by atoms with van der Waals surface area (Å²) in [7, 11) is -0.863. The van der Waals surface area contributed by atoms with Crippen molar-refractivity contribution in [2.45, 2.75) is 32.1 Å². The van der Waals surface area contributed by atoms with Gasteiger partial charge in [-0.15, -0.1) is 0 Å². The van der Waals surface area contributed by atoms with Gasteiger partial charge in [0.05, 0.1) is 5.75 Å². The zero-order valence-electron chi connectivity index (χ0n) is 10.6. The van der Waals surface area contributed by atoms with E-state index in [1.807, 2.05) is 24.3 Å². The molecule has 0 aliphatic heterocycles. The summed E-state index contributed by atoms with van der Waals surface area (Å²) in [5.74, 6) is 1.19. The third-order valence-electron chi connectivity index (χ3n) is 2.26. The average molecular weight is 274 g/mol. The molecule has 1 unspecified atom stereocenters. The van der Waals surface area contributed by atoms with Gasteiger partial charge in [-0.25, -0.2) is 0 Å². The fourth-order valence-corrected chi connectivity index (χ4v) is 2.76. The van der Waals surface area contributed by atoms with Crippen LogP contribution in [-0.2, 0) is 16.6 Å². The highest BCUT2D eigenvalue weighted by Crippen LogP contribution is 2.16. The van der Waals surface area contributed by atoms with Crippen LogP contribution in [0.4, 0.5) is 0 Å². The van der Waals surface area contributed by atoms with E-state index in [-0.39, 0.29) is 5.54 Å². The maximum absolute atomic E-state index is 11.9. The van der Waals surface area contributed by atoms with E-state index in [4.69, 9.17) is 11.6 Å². The molecule has 0 bridgehead atoms. The smallest absolute Gasteiger partial charge is 0.0500 e. The number of hydrogen-bond acceptors (Lipinski definition) is 2. The Bertz CT molecular complexity index is 387. The molecule has 0 fully saturated rings. The SMILES string of the molecule is CC(C)(C)NCCS(=O)Cc1ccccc1Cl. The van der Waals surface area contributed by atoms with Gasteiger partial charge in [0.15, 0.2) is 0 Å². The van der Waals surface area contributed by atoms with Crippen molar-refractivity contribution in [1.82, 2.24) is 5.32 Å². The summed E-state index contributed by atoms with van der Waals surface area (Å²) in [5.41, 5.74) is 1.04. The summed E-state index contributed by atoms with van der Waals surface area (Å²) in [6, 6.07) is 7.57. The van der Waals surface area contributed by atoms with Crippen LogP contribution in [0.2, 0.25) is 5.02 Å². The van der Waals surface area contributed by atoms with Gasteiger partial charge in [0.25, 0.3) is 0 Å². The van der Waals surface area contributed by atoms with Crippen molar-refractivity contribution in [2.24, 2.45) is 0 Å². The standard InChI is InChI=1S/C13H20ClNOS/c1-13(2,3)15-8-9-17(16)10-11-6-4-5-7-12(11)14/h4-7,15H,8-10H2,1-3H3. The first kappa shape index (κ1) is 14.7. The lowest BCUT2D eigenvalue weighted by Crippen LogP contribution is -2.38. The molecule has 1 aromatic carbocycles. The molecule has 0 saturated heterocycles. The molecule has 0 saturated carbocycles. The number of rotatable bonds is 5. The van der Waals surface area contributed by atoms with Crippen LogP contribution in [0.15, 0.2) is 24.3 Å². The van der Waals surface area contributed by atoms with Crippen molar-refractivity contribution in [1.29, 1.82) is 0 Å². The van der Waals surface area contributed by atoms with Crippen molar-refractivity contribution in [3.63, 3.8) is 0 Å². The van der Waals surface area contributed by atoms with Crippen LogP contribution < -0.4 is 5.32 Å². The summed E-state index contributed by atoms with van der Waals surface area (Å²) in [6.45, 7) is 7.07. The Morgan fingerprint density at radius 3 is 2.53 bits per heavy atom. The molecule has 4 heteroatoms. The Kier molecular flexibility index (Phi) is 5.63. The lowest BCUT2D eigenvalue weighted by Gasteiger charge is -2.20. The highest BCUT2D eigenvalue weighted by atomic mass is 35.5. The van der Waals surface area contributed by atoms with Gasteiger partial charge in [-0.2, -0.15) is 0 Å². The zero-order chi connectivity index (χ0) is 12.9. The molecule has 1 aromatic rings. The van der Waals surface area contributed by atoms with Crippen molar-refractivity contribution >= 4 is 22.4 Å². The first-order chi connectivity index (χ1) is 7.88. The molecule has 17 heavy (non-hydrogen) atoms. The number of hydrogen-bond donors (Lipinski definition) is 1. The molecule has 96 valence electrons. The quantitative estimate of drug-likeness (QED) is 0.894. The molecule has 0 aromatic heterocycles. The van der Waals surface area contributed by atoms with Gasteiger partial charge >= 0.3 is 0 Å². The zero-order valence-corrected chi connectivity index (χ0v) is 12.2. The maximum Gasteiger partial charge on any atom is 0.0500 e. The minimum atomic E-state index is -0.863. The lowest BCUT2D eigenvalue weighted by molar-refractivity contribution is 0.440. The fourth-order valence-electron chi connectivity index (χ4n) is 1.40. The van der Waals surface area contributed by atoms with Crippen molar-refractivity contribution < 1.29 is 4.21 Å². The average Bonchev–Trinajstić information content (AvgIpc) is 2.19. The highest BCUT2D eigenvalue weighted by molar-refractivity contribution is 7.84. The lowest BCUT2D eigenvalue weighted by atomic mass is 10.1. The van der Waals surface area contributed by atoms with Gasteiger partial charge < -0.3 is 5.32 Å². The molecular weight excluding hydrogens is 254 g/mol. The third-order valence-corrected chi connectivity index (χ3v) is 3.92. The van der Waals surface area contributed by atoms with E-state index in [0.717, 1.165) is 12.1 Å². The molecule has 1 rings (SSSR count). The maximum atomic E-state index is 11.9. The Morgan fingerprint density at radius 2 is 1.94 bits per heavy atom. The molecular formula is C13H20ClNOS. The molecule has 0 aliphatic rings. The molecule has 0 amide bonds. The van der Waals surface area contributed by atoms with Crippen LogP contribution in [0.25, 0.3) is 0 Å². The summed E-state index contributed by atoms with van der Waals surface area (Å²) in [6.07, 6.45) is 0. The van der Waals surface area contributed by atoms with E-state index < -0.39 is 10.8 Å². The second-order valence-electron chi connectivity index (χ2n) is 5.06. The van der Waals surface area contributed by atoms with Crippen LogP contribution in [0.5, 0.6) is 0 Å². The van der Waals surface area contributed by atoms with Gasteiger partial charge in [-0.1, -0.05) is 29.8 Å². The first-order valence-electron chi connectivity index (χ1n) is 5.72. The summed E-state index contributed by atoms with van der Waals surface area (Å²) in [4.78, 5) is 0. The van der Waals surface area contributed by atoms with E-state index in [9.17, 15) is 4.21 Å². The predicted octanol–water partition coefficient (Wildman–Crippen LogP) is 2.98. The fraction of sp³-hybridized carbons (Fsp3) is 0.538. The molecule has 0 radical (unpaired) electrons. The van der Waals surface area contributed by atoms with E-state index in [2.05, 4.69) is 26.1 Å². The molecule has 0 aliphatic carbocycles.